The summed E-state index contributed by atoms with van der Waals surface area (Å²) in [6, 6.07) is 3.06. The van der Waals surface area contributed by atoms with Gasteiger partial charge in [0.15, 0.2) is 53.1 Å². The Morgan fingerprint density at radius 2 is 0.752 bits per heavy atom. The average molecular weight is 1550 g/mol. The third-order valence-corrected chi connectivity index (χ3v) is 22.8. The van der Waals surface area contributed by atoms with Gasteiger partial charge in [-0.15, -0.1) is 0 Å². The predicted octanol–water partition coefficient (Wildman–Crippen LogP) is -6.94. The second kappa shape index (κ2) is 35.9. The molecule has 101 heavy (non-hydrogen) atoms. The summed E-state index contributed by atoms with van der Waals surface area (Å²) in [6.07, 6.45) is 3.93. The maximum Gasteiger partial charge on any atom is 0.320 e. The molecule has 10 rings (SSSR count). The number of aliphatic carboxylic acids is 3. The second-order valence-electron chi connectivity index (χ2n) is 22.7. The first-order valence-corrected chi connectivity index (χ1v) is 39.3. The van der Waals surface area contributed by atoms with Crippen molar-refractivity contribution in [1.82, 2.24) is 58.6 Å². The quantitative estimate of drug-likeness (QED) is 0.0152. The number of hydrogen-bond donors (Lipinski definition) is 15. The molecule has 0 bridgehead atoms. The third-order valence-electron chi connectivity index (χ3n) is 15.1. The molecule has 7 aromatic rings. The van der Waals surface area contributed by atoms with Gasteiger partial charge in [-0.2, -0.15) is 3.63 Å². The Morgan fingerprint density at radius 3 is 0.980 bits per heavy atom. The lowest BCUT2D eigenvalue weighted by atomic mass is 10.1. The summed E-state index contributed by atoms with van der Waals surface area (Å²) in [5.74, 6) is 0.763. The van der Waals surface area contributed by atoms with Crippen molar-refractivity contribution in [2.45, 2.75) is 123 Å². The highest BCUT2D eigenvalue weighted by Crippen LogP contribution is 2.36. The highest BCUT2D eigenvalue weighted by atomic mass is 32.3. The van der Waals surface area contributed by atoms with Crippen LogP contribution in [-0.2, 0) is 95.8 Å². The topological polar surface area (TPSA) is 729 Å². The lowest BCUT2D eigenvalue weighted by Gasteiger charge is -2.16. The average Bonchev–Trinajstić information content (AvgIpc) is 1.64. The van der Waals surface area contributed by atoms with Crippen molar-refractivity contribution < 1.29 is 117 Å². The van der Waals surface area contributed by atoms with E-state index in [1.54, 1.807) is 12.1 Å². The molecule has 49 heteroatoms. The number of nitrogens with zero attached hydrogens (tertiary/aromatic N) is 12. The van der Waals surface area contributed by atoms with Crippen LogP contribution in [0.25, 0.3) is 33.5 Å². The van der Waals surface area contributed by atoms with Gasteiger partial charge in [0.1, 0.15) is 153 Å². The largest absolute Gasteiger partial charge is 0.744 e. The van der Waals surface area contributed by atoms with E-state index < -0.39 is 141 Å². The normalized spacial score (nSPS) is 24.7. The van der Waals surface area contributed by atoms with E-state index in [0.717, 1.165) is 5.56 Å². The molecule has 0 spiro atoms. The number of carboxylic acids is 3. The van der Waals surface area contributed by atoms with Crippen LogP contribution in [0, 0.1) is 6.92 Å². The minimum absolute atomic E-state index is 0.178. The molecule has 6 aromatic heterocycles. The van der Waals surface area contributed by atoms with Crippen molar-refractivity contribution in [2.24, 2.45) is 17.2 Å². The number of ether oxygens (including phenoxy) is 3. The van der Waals surface area contributed by atoms with E-state index in [9.17, 15) is 83.9 Å². The number of aryl methyl sites for hydroxylation is 1. The molecule has 0 radical (unpaired) electrons. The predicted molar refractivity (Wildman–Crippen MR) is 356 cm³/mol. The van der Waals surface area contributed by atoms with Crippen molar-refractivity contribution in [3.8, 4) is 0 Å². The standard InChI is InChI=1S/3C15H22N6O5S.C7H8O3S.H2O7S2/c3*1-27(3-2-7(16)15(24)25)4-8-10(22)11(23)14(26-8)21-6-20-9-12(17)18-5-19-13(9)21;1-6-2-4-7(5-3-6)11(8,9)10;1-8(2,3)7-9(4,5)6/h3*5-8,10-11,14,22-23H,2-4,16H2,1H3,(H2-,17,18,19,24,25);2-5H,1H3,(H,8,9,10);(H,1,2,3)(H,4,5,6). The highest BCUT2D eigenvalue weighted by Gasteiger charge is 2.49. The Morgan fingerprint density at radius 1 is 0.485 bits per heavy atom. The van der Waals surface area contributed by atoms with Gasteiger partial charge < -0.3 is 108 Å². The molecule has 18 atom stereocenters. The van der Waals surface area contributed by atoms with Gasteiger partial charge in [-0.25, -0.2) is 70.1 Å². The number of nitrogen functional groups attached to an aromatic ring is 3. The van der Waals surface area contributed by atoms with Gasteiger partial charge in [0, 0.05) is 19.3 Å². The van der Waals surface area contributed by atoms with Crippen LogP contribution in [0.2, 0.25) is 0 Å². The number of aliphatic hydroxyl groups is 6. The Kier molecular flexibility index (Phi) is 29.5. The summed E-state index contributed by atoms with van der Waals surface area (Å²) in [4.78, 5) is 68.7. The molecule has 560 valence electrons. The van der Waals surface area contributed by atoms with E-state index in [2.05, 4.69) is 48.5 Å². The summed E-state index contributed by atoms with van der Waals surface area (Å²) >= 11 is 0. The smallest absolute Gasteiger partial charge is 0.320 e. The molecule has 3 aliphatic rings. The van der Waals surface area contributed by atoms with Gasteiger partial charge in [-0.3, -0.25) is 28.1 Å². The van der Waals surface area contributed by atoms with E-state index in [4.69, 9.17) is 63.9 Å². The van der Waals surface area contributed by atoms with E-state index in [-0.39, 0.29) is 55.0 Å². The van der Waals surface area contributed by atoms with E-state index in [1.165, 1.54) is 63.8 Å². The number of imidazole rings is 3. The number of fused-ring (bicyclic) bond motifs is 3. The molecule has 3 aliphatic heterocycles. The highest BCUT2D eigenvalue weighted by molar-refractivity contribution is 7.96. The van der Waals surface area contributed by atoms with Crippen LogP contribution in [0.3, 0.4) is 0 Å². The van der Waals surface area contributed by atoms with Gasteiger partial charge >= 0.3 is 17.9 Å². The van der Waals surface area contributed by atoms with Crippen LogP contribution < -0.4 is 34.4 Å². The van der Waals surface area contributed by atoms with Gasteiger partial charge in [0.25, 0.3) is 0 Å². The Bertz CT molecular complexity index is 3940. The lowest BCUT2D eigenvalue weighted by Crippen LogP contribution is -2.37. The number of rotatable bonds is 24. The molecule has 18 unspecified atom stereocenters. The van der Waals surface area contributed by atoms with E-state index in [1.807, 2.05) is 25.7 Å². The van der Waals surface area contributed by atoms with Crippen molar-refractivity contribution >= 4 is 132 Å². The van der Waals surface area contributed by atoms with Crippen LogP contribution >= 0.6 is 0 Å². The van der Waals surface area contributed by atoms with Crippen molar-refractivity contribution in [3.05, 3.63) is 67.8 Å². The molecule has 0 saturated carbocycles. The minimum atomic E-state index is -5.43. The number of carbonyl (C=O) groups is 3. The maximum atomic E-state index is 10.8. The number of aliphatic hydroxyl groups excluding tert-OH is 6. The SMILES string of the molecule is C[S+](CCC(N)C(=O)O)CC1OC(n2cnc3c(N)ncnc32)C(O)C1O.C[S+](CCC(N)C(=O)O)CC1OC(n2cnc3c(N)ncnc32)C(O)C1O.C[S+](CCC(N)C(=O)O)CC1OC(n2cnc3c(N)ncnc32)C(O)C1O.Cc1ccc(S(=O)(=O)[O-])cc1.O=S(=O)([O-])OS(=O)(=O)[O-]. The summed E-state index contributed by atoms with van der Waals surface area (Å²) in [6.45, 7) is 1.82. The van der Waals surface area contributed by atoms with Crippen molar-refractivity contribution in [1.29, 1.82) is 0 Å². The zero-order valence-electron chi connectivity index (χ0n) is 53.6. The summed E-state index contributed by atoms with van der Waals surface area (Å²) in [5, 5.41) is 89.0. The molecule has 3 saturated heterocycles. The molecule has 0 aliphatic carbocycles. The first-order valence-electron chi connectivity index (χ1n) is 29.3. The third kappa shape index (κ3) is 23.0. The fraction of sp³-hybridized carbons (Fsp3) is 0.538. The molecule has 43 nitrogen and oxygen atoms in total. The molecule has 1 aromatic carbocycles. The zero-order chi connectivity index (χ0) is 75.3. The molecule has 9 heterocycles. The summed E-state index contributed by atoms with van der Waals surface area (Å²) < 4.78 is 112. The van der Waals surface area contributed by atoms with Crippen LogP contribution in [-0.4, -0.2) is 288 Å². The van der Waals surface area contributed by atoms with Crippen LogP contribution in [0.15, 0.2) is 67.1 Å². The number of carboxylic acid groups (broad SMARTS) is 3. The van der Waals surface area contributed by atoms with Crippen LogP contribution in [0.1, 0.15) is 43.5 Å². The first-order chi connectivity index (χ1) is 47.1. The molecule has 21 N–H and O–H groups in total. The lowest BCUT2D eigenvalue weighted by molar-refractivity contribution is -0.139. The summed E-state index contributed by atoms with van der Waals surface area (Å²) in [7, 11) is -15.8. The minimum Gasteiger partial charge on any atom is -0.744 e. The van der Waals surface area contributed by atoms with Gasteiger partial charge in [-0.05, 0) is 51.7 Å². The van der Waals surface area contributed by atoms with E-state index in [0.29, 0.717) is 87.3 Å². The molecule has 3 fully saturated rings. The number of nitrogens with two attached hydrogens (primary N) is 6. The summed E-state index contributed by atoms with van der Waals surface area (Å²) in [5.41, 5.74) is 37.2. The second-order valence-corrected chi connectivity index (χ2v) is 33.2. The molecular weight excluding hydrogens is 1470 g/mol. The van der Waals surface area contributed by atoms with Crippen LogP contribution in [0.4, 0.5) is 17.5 Å². The number of hydrogen-bond acceptors (Lipinski definition) is 37. The van der Waals surface area contributed by atoms with Crippen molar-refractivity contribution in [3.63, 3.8) is 0 Å². The molecule has 0 amide bonds. The number of anilines is 3. The first kappa shape index (κ1) is 82.9. The Labute approximate surface area is 583 Å². The van der Waals surface area contributed by atoms with Crippen LogP contribution in [0.5, 0.6) is 0 Å². The van der Waals surface area contributed by atoms with Gasteiger partial charge in [-0.1, -0.05) is 17.7 Å². The maximum absolute atomic E-state index is 10.8. The Hall–Kier alpha value is -7.06. The van der Waals surface area contributed by atoms with E-state index >= 15 is 0 Å². The monoisotopic (exact) mass is 1540 g/mol. The zero-order valence-corrected chi connectivity index (χ0v) is 58.5. The Balaban J connectivity index is 0.000000210. The fourth-order valence-electron chi connectivity index (χ4n) is 9.71. The number of aromatic nitrogens is 12. The number of benzene rings is 1. The fourth-order valence-corrected chi connectivity index (χ4v) is 16.0. The van der Waals surface area contributed by atoms with Gasteiger partial charge in [0.2, 0.25) is 20.8 Å². The van der Waals surface area contributed by atoms with Gasteiger partial charge in [0.05, 0.1) is 42.6 Å². The van der Waals surface area contributed by atoms with Crippen molar-refractivity contribution in [2.75, 3.05) is 70.5 Å². The molecular formula is C52H76N18O25S6.